The molecule has 2 rings (SSSR count). The zero-order valence-corrected chi connectivity index (χ0v) is 10.2. The predicted octanol–water partition coefficient (Wildman–Crippen LogP) is 3.15. The first-order valence-electron chi connectivity index (χ1n) is 5.86. The first-order chi connectivity index (χ1) is 9.15. The average molecular weight is 260 g/mol. The molecule has 0 spiro atoms. The highest BCUT2D eigenvalue weighted by atomic mass is 19.1. The van der Waals surface area contributed by atoms with Crippen LogP contribution in [0.1, 0.15) is 15.9 Å². The second-order valence-electron chi connectivity index (χ2n) is 4.05. The van der Waals surface area contributed by atoms with Gasteiger partial charge in [0.05, 0.1) is 12.2 Å². The number of halogens is 1. The number of carbonyl (C=O) groups is 1. The van der Waals surface area contributed by atoms with Gasteiger partial charge in [-0.1, -0.05) is 12.1 Å². The summed E-state index contributed by atoms with van der Waals surface area (Å²) >= 11 is 0. The highest BCUT2D eigenvalue weighted by molar-refractivity contribution is 5.87. The lowest BCUT2D eigenvalue weighted by molar-refractivity contribution is 0.0697. The Morgan fingerprint density at radius 2 is 1.68 bits per heavy atom. The number of hydrogen-bond acceptors (Lipinski definition) is 2. The van der Waals surface area contributed by atoms with Gasteiger partial charge in [0.25, 0.3) is 0 Å². The third-order valence-electron chi connectivity index (χ3n) is 2.67. The molecule has 0 aliphatic carbocycles. The summed E-state index contributed by atoms with van der Waals surface area (Å²) in [5.74, 6) is -0.598. The first-order valence-corrected chi connectivity index (χ1v) is 5.86. The van der Waals surface area contributed by atoms with Gasteiger partial charge in [-0.2, -0.15) is 0 Å². The second-order valence-corrected chi connectivity index (χ2v) is 4.05. The molecule has 0 atom stereocenters. The Morgan fingerprint density at radius 3 is 2.26 bits per heavy atom. The number of rotatable bonds is 5. The molecule has 0 unspecified atom stereocenters. The summed E-state index contributed by atoms with van der Waals surface area (Å²) in [4.78, 5) is 10.7. The largest absolute Gasteiger partial charge is 0.493 e. The summed E-state index contributed by atoms with van der Waals surface area (Å²) in [7, 11) is 0. The van der Waals surface area contributed by atoms with E-state index in [-0.39, 0.29) is 11.4 Å². The van der Waals surface area contributed by atoms with Crippen LogP contribution in [0.4, 0.5) is 4.39 Å². The molecular weight excluding hydrogens is 247 g/mol. The minimum atomic E-state index is -0.960. The third kappa shape index (κ3) is 3.81. The van der Waals surface area contributed by atoms with Crippen LogP contribution in [0.25, 0.3) is 0 Å². The zero-order valence-electron chi connectivity index (χ0n) is 10.2. The van der Waals surface area contributed by atoms with E-state index in [0.717, 1.165) is 5.56 Å². The molecule has 0 saturated heterocycles. The van der Waals surface area contributed by atoms with Gasteiger partial charge in [-0.3, -0.25) is 0 Å². The molecule has 19 heavy (non-hydrogen) atoms. The highest BCUT2D eigenvalue weighted by Crippen LogP contribution is 2.13. The summed E-state index contributed by atoms with van der Waals surface area (Å²) in [5, 5.41) is 8.75. The Hall–Kier alpha value is -2.36. The molecule has 0 aromatic heterocycles. The van der Waals surface area contributed by atoms with Crippen molar-refractivity contribution in [1.82, 2.24) is 0 Å². The van der Waals surface area contributed by atoms with Gasteiger partial charge in [0.2, 0.25) is 0 Å². The zero-order chi connectivity index (χ0) is 13.7. The normalized spacial score (nSPS) is 10.2. The van der Waals surface area contributed by atoms with Crippen LogP contribution in [0.2, 0.25) is 0 Å². The minimum absolute atomic E-state index is 0.228. The molecule has 0 aliphatic heterocycles. The molecule has 0 saturated carbocycles. The summed E-state index contributed by atoms with van der Waals surface area (Å²) < 4.78 is 18.2. The lowest BCUT2D eigenvalue weighted by atomic mass is 10.1. The first kappa shape index (κ1) is 13.1. The Balaban J connectivity index is 1.85. The van der Waals surface area contributed by atoms with Crippen LogP contribution in [0.3, 0.4) is 0 Å². The van der Waals surface area contributed by atoms with Crippen molar-refractivity contribution in [2.24, 2.45) is 0 Å². The van der Waals surface area contributed by atoms with Crippen molar-refractivity contribution in [2.75, 3.05) is 6.61 Å². The molecule has 0 heterocycles. The summed E-state index contributed by atoms with van der Waals surface area (Å²) in [6, 6.07) is 12.5. The number of ether oxygens (including phenoxy) is 1. The topological polar surface area (TPSA) is 46.5 Å². The van der Waals surface area contributed by atoms with Gasteiger partial charge < -0.3 is 9.84 Å². The standard InChI is InChI=1S/C15H13FO3/c16-13-5-1-11(2-6-13)9-10-19-14-7-3-12(4-8-14)15(17)18/h1-8H,9-10H2,(H,17,18). The molecular formula is C15H13FO3. The van der Waals surface area contributed by atoms with Crippen LogP contribution in [-0.4, -0.2) is 17.7 Å². The SMILES string of the molecule is O=C(O)c1ccc(OCCc2ccc(F)cc2)cc1. The number of hydrogen-bond donors (Lipinski definition) is 1. The molecule has 0 radical (unpaired) electrons. The molecule has 0 amide bonds. The number of benzene rings is 2. The van der Waals surface area contributed by atoms with E-state index < -0.39 is 5.97 Å². The predicted molar refractivity (Wildman–Crippen MR) is 69.0 cm³/mol. The summed E-state index contributed by atoms with van der Waals surface area (Å²) in [5.41, 5.74) is 1.22. The fourth-order valence-corrected chi connectivity index (χ4v) is 1.63. The number of aromatic carboxylic acids is 1. The lowest BCUT2D eigenvalue weighted by Crippen LogP contribution is -2.02. The van der Waals surface area contributed by atoms with Crippen molar-refractivity contribution in [3.63, 3.8) is 0 Å². The quantitative estimate of drug-likeness (QED) is 0.898. The van der Waals surface area contributed by atoms with Crippen LogP contribution in [0.15, 0.2) is 48.5 Å². The maximum absolute atomic E-state index is 12.7. The van der Waals surface area contributed by atoms with E-state index in [1.165, 1.54) is 24.3 Å². The molecule has 98 valence electrons. The van der Waals surface area contributed by atoms with E-state index in [4.69, 9.17) is 9.84 Å². The number of carboxylic acids is 1. The molecule has 4 heteroatoms. The van der Waals surface area contributed by atoms with Gasteiger partial charge in [-0.25, -0.2) is 9.18 Å². The Labute approximate surface area is 110 Å². The fourth-order valence-electron chi connectivity index (χ4n) is 1.63. The highest BCUT2D eigenvalue weighted by Gasteiger charge is 2.02. The lowest BCUT2D eigenvalue weighted by Gasteiger charge is -2.06. The van der Waals surface area contributed by atoms with Crippen molar-refractivity contribution in [2.45, 2.75) is 6.42 Å². The van der Waals surface area contributed by atoms with E-state index in [2.05, 4.69) is 0 Å². The molecule has 0 fully saturated rings. The summed E-state index contributed by atoms with van der Waals surface area (Å²) in [6.07, 6.45) is 0.668. The molecule has 0 bridgehead atoms. The molecule has 2 aromatic carbocycles. The fraction of sp³-hybridized carbons (Fsp3) is 0.133. The monoisotopic (exact) mass is 260 g/mol. The van der Waals surface area contributed by atoms with E-state index in [9.17, 15) is 9.18 Å². The van der Waals surface area contributed by atoms with Crippen molar-refractivity contribution in [3.05, 3.63) is 65.5 Å². The van der Waals surface area contributed by atoms with Gasteiger partial charge in [0.15, 0.2) is 0 Å². The molecule has 0 aliphatic rings. The second kappa shape index (κ2) is 6.00. The van der Waals surface area contributed by atoms with Gasteiger partial charge >= 0.3 is 5.97 Å². The van der Waals surface area contributed by atoms with E-state index >= 15 is 0 Å². The van der Waals surface area contributed by atoms with Crippen LogP contribution in [-0.2, 0) is 6.42 Å². The van der Waals surface area contributed by atoms with Crippen LogP contribution in [0.5, 0.6) is 5.75 Å². The van der Waals surface area contributed by atoms with Gasteiger partial charge in [-0.15, -0.1) is 0 Å². The van der Waals surface area contributed by atoms with Gasteiger partial charge in [0.1, 0.15) is 11.6 Å². The smallest absolute Gasteiger partial charge is 0.335 e. The maximum atomic E-state index is 12.7. The van der Waals surface area contributed by atoms with E-state index in [1.54, 1.807) is 24.3 Å². The van der Waals surface area contributed by atoms with Crippen molar-refractivity contribution in [3.8, 4) is 5.75 Å². The maximum Gasteiger partial charge on any atom is 0.335 e. The third-order valence-corrected chi connectivity index (χ3v) is 2.67. The van der Waals surface area contributed by atoms with E-state index in [0.29, 0.717) is 18.8 Å². The Kier molecular flexibility index (Phi) is 4.13. The van der Waals surface area contributed by atoms with Crippen molar-refractivity contribution in [1.29, 1.82) is 0 Å². The van der Waals surface area contributed by atoms with Crippen LogP contribution >= 0.6 is 0 Å². The van der Waals surface area contributed by atoms with Gasteiger partial charge in [0, 0.05) is 6.42 Å². The van der Waals surface area contributed by atoms with Crippen molar-refractivity contribution < 1.29 is 19.0 Å². The minimum Gasteiger partial charge on any atom is -0.493 e. The van der Waals surface area contributed by atoms with Crippen molar-refractivity contribution >= 4 is 5.97 Å². The van der Waals surface area contributed by atoms with Crippen LogP contribution in [0, 0.1) is 5.82 Å². The molecule has 3 nitrogen and oxygen atoms in total. The average Bonchev–Trinajstić information content (AvgIpc) is 2.41. The molecule has 2 aromatic rings. The summed E-state index contributed by atoms with van der Waals surface area (Å²) in [6.45, 7) is 0.456. The molecule has 1 N–H and O–H groups in total. The van der Waals surface area contributed by atoms with Crippen LogP contribution < -0.4 is 4.74 Å². The number of carboxylic acid groups (broad SMARTS) is 1. The Morgan fingerprint density at radius 1 is 1.05 bits per heavy atom. The Bertz CT molecular complexity index is 547. The van der Waals surface area contributed by atoms with E-state index in [1.807, 2.05) is 0 Å². The van der Waals surface area contributed by atoms with Gasteiger partial charge in [-0.05, 0) is 42.0 Å².